The van der Waals surface area contributed by atoms with Crippen LogP contribution in [0.25, 0.3) is 0 Å². The summed E-state index contributed by atoms with van der Waals surface area (Å²) in [6, 6.07) is 6.61. The lowest BCUT2D eigenvalue weighted by Gasteiger charge is -2.20. The third-order valence-corrected chi connectivity index (χ3v) is 3.39. The van der Waals surface area contributed by atoms with Gasteiger partial charge in [0.05, 0.1) is 0 Å². The highest BCUT2D eigenvalue weighted by Gasteiger charge is 2.10. The van der Waals surface area contributed by atoms with Crippen LogP contribution in [0, 0.1) is 0 Å². The molecule has 0 fully saturated rings. The van der Waals surface area contributed by atoms with Crippen molar-refractivity contribution in [3.05, 3.63) is 28.8 Å². The topological polar surface area (TPSA) is 15.3 Å². The molecule has 0 aliphatic heterocycles. The van der Waals surface area contributed by atoms with E-state index in [9.17, 15) is 0 Å². The van der Waals surface area contributed by atoms with Gasteiger partial charge in [-0.3, -0.25) is 0 Å². The summed E-state index contributed by atoms with van der Waals surface area (Å²) in [5.41, 5.74) is 2.34. The van der Waals surface area contributed by atoms with Gasteiger partial charge in [-0.1, -0.05) is 24.6 Å². The number of hydrogen-bond donors (Lipinski definition) is 1. The van der Waals surface area contributed by atoms with E-state index in [2.05, 4.69) is 50.2 Å². The van der Waals surface area contributed by atoms with Gasteiger partial charge in [0, 0.05) is 30.3 Å². The van der Waals surface area contributed by atoms with E-state index in [1.807, 2.05) is 6.07 Å². The zero-order chi connectivity index (χ0) is 12.8. The van der Waals surface area contributed by atoms with Gasteiger partial charge >= 0.3 is 0 Å². The minimum Gasteiger partial charge on any atom is -0.375 e. The van der Waals surface area contributed by atoms with Crippen LogP contribution in [0.4, 0.5) is 5.69 Å². The second-order valence-electron chi connectivity index (χ2n) is 4.40. The Hall–Kier alpha value is -0.730. The maximum atomic E-state index is 6.34. The summed E-state index contributed by atoms with van der Waals surface area (Å²) in [6.45, 7) is 8.46. The molecule has 0 saturated heterocycles. The summed E-state index contributed by atoms with van der Waals surface area (Å²) in [4.78, 5) is 2.18. The Kier molecular flexibility index (Phi) is 5.79. The van der Waals surface area contributed by atoms with Gasteiger partial charge in [-0.25, -0.2) is 0 Å². The molecule has 17 heavy (non-hydrogen) atoms. The molecule has 3 heteroatoms. The van der Waals surface area contributed by atoms with Crippen LogP contribution in [0.5, 0.6) is 0 Å². The van der Waals surface area contributed by atoms with E-state index in [1.165, 1.54) is 11.3 Å². The highest BCUT2D eigenvalue weighted by atomic mass is 35.5. The molecule has 0 saturated carbocycles. The first-order chi connectivity index (χ1) is 8.10. The van der Waals surface area contributed by atoms with Gasteiger partial charge in [-0.05, 0) is 44.5 Å². The fraction of sp³-hybridized carbons (Fsp3) is 0.571. The van der Waals surface area contributed by atoms with E-state index in [-0.39, 0.29) is 0 Å². The van der Waals surface area contributed by atoms with Crippen molar-refractivity contribution in [1.29, 1.82) is 0 Å². The largest absolute Gasteiger partial charge is 0.375 e. The smallest absolute Gasteiger partial charge is 0.0474 e. The molecule has 1 atom stereocenters. The summed E-state index contributed by atoms with van der Waals surface area (Å²) in [5, 5.41) is 4.30. The quantitative estimate of drug-likeness (QED) is 0.830. The zero-order valence-electron chi connectivity index (χ0n) is 11.3. The van der Waals surface area contributed by atoms with Gasteiger partial charge in [0.25, 0.3) is 0 Å². The van der Waals surface area contributed by atoms with Crippen LogP contribution in [0.1, 0.15) is 38.8 Å². The molecule has 1 rings (SSSR count). The standard InChI is InChI=1S/C14H23ClN2/c1-5-9-16-11(3)13-8-7-12(10-14(13)15)17(4)6-2/h7-8,10-11,16H,5-6,9H2,1-4H3. The van der Waals surface area contributed by atoms with Crippen LogP contribution in [0.15, 0.2) is 18.2 Å². The fourth-order valence-corrected chi connectivity index (χ4v) is 2.10. The van der Waals surface area contributed by atoms with E-state index >= 15 is 0 Å². The molecule has 0 radical (unpaired) electrons. The molecule has 1 N–H and O–H groups in total. The third kappa shape index (κ3) is 3.90. The zero-order valence-corrected chi connectivity index (χ0v) is 12.0. The maximum Gasteiger partial charge on any atom is 0.0474 e. The second kappa shape index (κ2) is 6.87. The highest BCUT2D eigenvalue weighted by molar-refractivity contribution is 6.31. The van der Waals surface area contributed by atoms with Crippen molar-refractivity contribution in [2.45, 2.75) is 33.2 Å². The van der Waals surface area contributed by atoms with Crippen molar-refractivity contribution < 1.29 is 0 Å². The average molecular weight is 255 g/mol. The van der Waals surface area contributed by atoms with Crippen molar-refractivity contribution in [2.24, 2.45) is 0 Å². The number of anilines is 1. The first kappa shape index (κ1) is 14.3. The predicted molar refractivity (Wildman–Crippen MR) is 77.1 cm³/mol. The average Bonchev–Trinajstić information content (AvgIpc) is 2.34. The highest BCUT2D eigenvalue weighted by Crippen LogP contribution is 2.27. The summed E-state index contributed by atoms with van der Waals surface area (Å²) in [7, 11) is 2.07. The molecule has 0 amide bonds. The van der Waals surface area contributed by atoms with Crippen molar-refractivity contribution in [3.63, 3.8) is 0 Å². The van der Waals surface area contributed by atoms with Crippen LogP contribution in [-0.2, 0) is 0 Å². The Balaban J connectivity index is 2.82. The van der Waals surface area contributed by atoms with Crippen molar-refractivity contribution >= 4 is 17.3 Å². The molecule has 1 aromatic carbocycles. The number of halogens is 1. The summed E-state index contributed by atoms with van der Waals surface area (Å²) in [6.07, 6.45) is 1.14. The van der Waals surface area contributed by atoms with Gasteiger partial charge in [-0.15, -0.1) is 0 Å². The van der Waals surface area contributed by atoms with Gasteiger partial charge < -0.3 is 10.2 Å². The Morgan fingerprint density at radius 2 is 2.06 bits per heavy atom. The van der Waals surface area contributed by atoms with Gasteiger partial charge in [0.2, 0.25) is 0 Å². The predicted octanol–water partition coefficient (Wildman–Crippen LogP) is 3.86. The lowest BCUT2D eigenvalue weighted by Crippen LogP contribution is -2.20. The molecule has 2 nitrogen and oxygen atoms in total. The number of benzene rings is 1. The van der Waals surface area contributed by atoms with E-state index in [0.29, 0.717) is 6.04 Å². The van der Waals surface area contributed by atoms with Crippen LogP contribution in [-0.4, -0.2) is 20.1 Å². The van der Waals surface area contributed by atoms with Crippen LogP contribution < -0.4 is 10.2 Å². The molecule has 1 aromatic rings. The van der Waals surface area contributed by atoms with Gasteiger partial charge in [-0.2, -0.15) is 0 Å². The molecular weight excluding hydrogens is 232 g/mol. The molecule has 0 bridgehead atoms. The molecule has 0 aliphatic rings. The molecule has 1 unspecified atom stereocenters. The lowest BCUT2D eigenvalue weighted by molar-refractivity contribution is 0.571. The summed E-state index contributed by atoms with van der Waals surface area (Å²) in [5.74, 6) is 0. The van der Waals surface area contributed by atoms with Gasteiger partial charge in [0.15, 0.2) is 0 Å². The third-order valence-electron chi connectivity index (χ3n) is 3.07. The first-order valence-electron chi connectivity index (χ1n) is 6.34. The molecule has 96 valence electrons. The molecule has 0 heterocycles. The van der Waals surface area contributed by atoms with Crippen molar-refractivity contribution in [2.75, 3.05) is 25.0 Å². The van der Waals surface area contributed by atoms with E-state index in [0.717, 1.165) is 24.5 Å². The van der Waals surface area contributed by atoms with Crippen molar-refractivity contribution in [3.8, 4) is 0 Å². The molecular formula is C14H23ClN2. The number of hydrogen-bond acceptors (Lipinski definition) is 2. The maximum absolute atomic E-state index is 6.34. The number of nitrogens with zero attached hydrogens (tertiary/aromatic N) is 1. The minimum absolute atomic E-state index is 0.309. The van der Waals surface area contributed by atoms with Crippen LogP contribution in [0.3, 0.4) is 0 Å². The van der Waals surface area contributed by atoms with Crippen LogP contribution >= 0.6 is 11.6 Å². The molecule has 0 spiro atoms. The number of rotatable bonds is 6. The second-order valence-corrected chi connectivity index (χ2v) is 4.80. The SMILES string of the molecule is CCCNC(C)c1ccc(N(C)CC)cc1Cl. The van der Waals surface area contributed by atoms with Crippen LogP contribution in [0.2, 0.25) is 5.02 Å². The van der Waals surface area contributed by atoms with E-state index in [4.69, 9.17) is 11.6 Å². The van der Waals surface area contributed by atoms with Gasteiger partial charge in [0.1, 0.15) is 0 Å². The normalized spacial score (nSPS) is 12.5. The van der Waals surface area contributed by atoms with E-state index < -0.39 is 0 Å². The molecule has 0 aromatic heterocycles. The Bertz CT molecular complexity index is 352. The number of nitrogens with one attached hydrogen (secondary N) is 1. The van der Waals surface area contributed by atoms with E-state index in [1.54, 1.807) is 0 Å². The summed E-state index contributed by atoms with van der Waals surface area (Å²) >= 11 is 6.34. The fourth-order valence-electron chi connectivity index (χ4n) is 1.76. The first-order valence-corrected chi connectivity index (χ1v) is 6.71. The monoisotopic (exact) mass is 254 g/mol. The molecule has 0 aliphatic carbocycles. The minimum atomic E-state index is 0.309. The Morgan fingerprint density at radius 3 is 2.59 bits per heavy atom. The van der Waals surface area contributed by atoms with Crippen molar-refractivity contribution in [1.82, 2.24) is 5.32 Å². The Labute approximate surface area is 110 Å². The Morgan fingerprint density at radius 1 is 1.35 bits per heavy atom. The summed E-state index contributed by atoms with van der Waals surface area (Å²) < 4.78 is 0. The lowest BCUT2D eigenvalue weighted by atomic mass is 10.1.